The van der Waals surface area contributed by atoms with E-state index in [1.54, 1.807) is 17.8 Å². The van der Waals surface area contributed by atoms with Gasteiger partial charge in [-0.2, -0.15) is 0 Å². The van der Waals surface area contributed by atoms with Crippen molar-refractivity contribution in [3.05, 3.63) is 22.1 Å². The lowest BCUT2D eigenvalue weighted by Gasteiger charge is -2.17. The SMILES string of the molecule is CCCc1cc(=O)[nH]c(SCC(N)C2CCCC2)n1. The molecule has 1 atom stereocenters. The van der Waals surface area contributed by atoms with Gasteiger partial charge in [-0.1, -0.05) is 37.9 Å². The summed E-state index contributed by atoms with van der Waals surface area (Å²) in [5.74, 6) is 1.49. The Kier molecular flexibility index (Phi) is 5.45. The van der Waals surface area contributed by atoms with E-state index in [1.165, 1.54) is 25.7 Å². The number of aromatic amines is 1. The number of aromatic nitrogens is 2. The molecular weight excluding hydrogens is 258 g/mol. The Morgan fingerprint density at radius 2 is 2.26 bits per heavy atom. The van der Waals surface area contributed by atoms with Crippen LogP contribution in [0.1, 0.15) is 44.7 Å². The molecule has 0 aromatic carbocycles. The summed E-state index contributed by atoms with van der Waals surface area (Å²) in [4.78, 5) is 18.8. The van der Waals surface area contributed by atoms with Crippen LogP contribution in [0.3, 0.4) is 0 Å². The van der Waals surface area contributed by atoms with Crippen LogP contribution in [0.4, 0.5) is 0 Å². The average Bonchev–Trinajstić information content (AvgIpc) is 2.89. The topological polar surface area (TPSA) is 71.8 Å². The highest BCUT2D eigenvalue weighted by atomic mass is 32.2. The number of hydrogen-bond donors (Lipinski definition) is 2. The van der Waals surface area contributed by atoms with Crippen molar-refractivity contribution in [1.82, 2.24) is 9.97 Å². The third kappa shape index (κ3) is 4.35. The second-order valence-electron chi connectivity index (χ2n) is 5.31. The van der Waals surface area contributed by atoms with E-state index in [4.69, 9.17) is 5.73 Å². The predicted octanol–water partition coefficient (Wildman–Crippen LogP) is 2.33. The number of rotatable bonds is 6. The number of H-pyrrole nitrogens is 1. The Morgan fingerprint density at radius 1 is 1.53 bits per heavy atom. The molecule has 1 fully saturated rings. The Bertz CT molecular complexity index is 454. The van der Waals surface area contributed by atoms with Crippen LogP contribution in [-0.2, 0) is 6.42 Å². The van der Waals surface area contributed by atoms with E-state index in [1.807, 2.05) is 0 Å². The molecule has 0 aliphatic heterocycles. The van der Waals surface area contributed by atoms with Gasteiger partial charge in [0.25, 0.3) is 5.56 Å². The molecule has 0 saturated heterocycles. The molecule has 1 aliphatic rings. The van der Waals surface area contributed by atoms with Gasteiger partial charge >= 0.3 is 0 Å². The summed E-state index contributed by atoms with van der Waals surface area (Å²) < 4.78 is 0. The van der Waals surface area contributed by atoms with Crippen molar-refractivity contribution >= 4 is 11.8 Å². The van der Waals surface area contributed by atoms with Crippen LogP contribution in [0, 0.1) is 5.92 Å². The van der Waals surface area contributed by atoms with E-state index in [0.717, 1.165) is 24.3 Å². The van der Waals surface area contributed by atoms with Crippen LogP contribution in [-0.4, -0.2) is 21.8 Å². The van der Waals surface area contributed by atoms with E-state index in [0.29, 0.717) is 11.1 Å². The number of thioether (sulfide) groups is 1. The van der Waals surface area contributed by atoms with Gasteiger partial charge in [0, 0.05) is 23.6 Å². The highest BCUT2D eigenvalue weighted by Crippen LogP contribution is 2.28. The van der Waals surface area contributed by atoms with Gasteiger partial charge in [-0.05, 0) is 25.2 Å². The first-order valence-electron chi connectivity index (χ1n) is 7.17. The van der Waals surface area contributed by atoms with Crippen LogP contribution in [0.15, 0.2) is 16.0 Å². The molecule has 0 radical (unpaired) electrons. The van der Waals surface area contributed by atoms with Crippen molar-refractivity contribution in [3.63, 3.8) is 0 Å². The first-order chi connectivity index (χ1) is 9.19. The van der Waals surface area contributed by atoms with Gasteiger partial charge < -0.3 is 10.7 Å². The van der Waals surface area contributed by atoms with Crippen molar-refractivity contribution in [2.24, 2.45) is 11.7 Å². The predicted molar refractivity (Wildman–Crippen MR) is 79.5 cm³/mol. The number of nitrogens with zero attached hydrogens (tertiary/aromatic N) is 1. The molecule has 2 rings (SSSR count). The summed E-state index contributed by atoms with van der Waals surface area (Å²) in [5.41, 5.74) is 7.04. The highest BCUT2D eigenvalue weighted by Gasteiger charge is 2.22. The van der Waals surface area contributed by atoms with Crippen LogP contribution < -0.4 is 11.3 Å². The van der Waals surface area contributed by atoms with E-state index in [9.17, 15) is 4.79 Å². The van der Waals surface area contributed by atoms with Gasteiger partial charge in [-0.3, -0.25) is 4.79 Å². The molecule has 1 heterocycles. The van der Waals surface area contributed by atoms with Crippen molar-refractivity contribution in [2.75, 3.05) is 5.75 Å². The summed E-state index contributed by atoms with van der Waals surface area (Å²) in [6.45, 7) is 2.09. The zero-order valence-electron chi connectivity index (χ0n) is 11.5. The minimum absolute atomic E-state index is 0.0598. The van der Waals surface area contributed by atoms with Gasteiger partial charge in [0.05, 0.1) is 0 Å². The first kappa shape index (κ1) is 14.6. The van der Waals surface area contributed by atoms with Crippen molar-refractivity contribution in [1.29, 1.82) is 0 Å². The molecule has 1 aliphatic carbocycles. The molecule has 1 aromatic heterocycles. The third-order valence-corrected chi connectivity index (χ3v) is 4.72. The Morgan fingerprint density at radius 3 is 2.95 bits per heavy atom. The molecule has 5 heteroatoms. The van der Waals surface area contributed by atoms with Gasteiger partial charge in [0.2, 0.25) is 0 Å². The molecule has 4 nitrogen and oxygen atoms in total. The largest absolute Gasteiger partial charge is 0.327 e. The lowest BCUT2D eigenvalue weighted by molar-refractivity contribution is 0.463. The quantitative estimate of drug-likeness (QED) is 0.620. The highest BCUT2D eigenvalue weighted by molar-refractivity contribution is 7.99. The molecule has 19 heavy (non-hydrogen) atoms. The summed E-state index contributed by atoms with van der Waals surface area (Å²) in [5, 5.41) is 0.712. The Labute approximate surface area is 118 Å². The first-order valence-corrected chi connectivity index (χ1v) is 8.16. The van der Waals surface area contributed by atoms with Crippen LogP contribution >= 0.6 is 11.8 Å². The zero-order chi connectivity index (χ0) is 13.7. The fourth-order valence-corrected chi connectivity index (χ4v) is 3.61. The van der Waals surface area contributed by atoms with Crippen LogP contribution in [0.5, 0.6) is 0 Å². The molecule has 0 spiro atoms. The fraction of sp³-hybridized carbons (Fsp3) is 0.714. The normalized spacial score (nSPS) is 17.8. The minimum atomic E-state index is -0.0598. The maximum atomic E-state index is 11.5. The van der Waals surface area contributed by atoms with Gasteiger partial charge in [-0.25, -0.2) is 4.98 Å². The van der Waals surface area contributed by atoms with Gasteiger partial charge in [0.1, 0.15) is 0 Å². The molecular formula is C14H23N3OS. The maximum Gasteiger partial charge on any atom is 0.251 e. The second kappa shape index (κ2) is 7.10. The molecule has 3 N–H and O–H groups in total. The standard InChI is InChI=1S/C14H23N3OS/c1-2-5-11-8-13(18)17-14(16-11)19-9-12(15)10-6-3-4-7-10/h8,10,12H,2-7,9,15H2,1H3,(H,16,17,18). The average molecular weight is 281 g/mol. The van der Waals surface area contributed by atoms with E-state index >= 15 is 0 Å². The summed E-state index contributed by atoms with van der Waals surface area (Å²) in [6, 6.07) is 1.80. The Hall–Kier alpha value is -0.810. The molecule has 1 unspecified atom stereocenters. The van der Waals surface area contributed by atoms with E-state index in [2.05, 4.69) is 16.9 Å². The monoisotopic (exact) mass is 281 g/mol. The summed E-state index contributed by atoms with van der Waals surface area (Å²) in [6.07, 6.45) is 6.98. The summed E-state index contributed by atoms with van der Waals surface area (Å²) >= 11 is 1.58. The summed E-state index contributed by atoms with van der Waals surface area (Å²) in [7, 11) is 0. The second-order valence-corrected chi connectivity index (χ2v) is 6.32. The fourth-order valence-electron chi connectivity index (χ4n) is 2.63. The zero-order valence-corrected chi connectivity index (χ0v) is 12.3. The molecule has 0 bridgehead atoms. The minimum Gasteiger partial charge on any atom is -0.327 e. The molecule has 106 valence electrons. The van der Waals surface area contributed by atoms with Crippen LogP contribution in [0.25, 0.3) is 0 Å². The van der Waals surface area contributed by atoms with Crippen molar-refractivity contribution in [3.8, 4) is 0 Å². The number of hydrogen-bond acceptors (Lipinski definition) is 4. The maximum absolute atomic E-state index is 11.5. The van der Waals surface area contributed by atoms with E-state index < -0.39 is 0 Å². The molecule has 1 saturated carbocycles. The van der Waals surface area contributed by atoms with Gasteiger partial charge in [-0.15, -0.1) is 0 Å². The number of aryl methyl sites for hydroxylation is 1. The van der Waals surface area contributed by atoms with Crippen LogP contribution in [0.2, 0.25) is 0 Å². The third-order valence-electron chi connectivity index (χ3n) is 3.70. The van der Waals surface area contributed by atoms with E-state index in [-0.39, 0.29) is 11.6 Å². The number of nitrogens with two attached hydrogens (primary N) is 1. The van der Waals surface area contributed by atoms with Gasteiger partial charge in [0.15, 0.2) is 5.16 Å². The Balaban J connectivity index is 1.92. The molecule has 0 amide bonds. The number of nitrogens with one attached hydrogen (secondary N) is 1. The van der Waals surface area contributed by atoms with Crippen molar-refractivity contribution < 1.29 is 0 Å². The lowest BCUT2D eigenvalue weighted by atomic mass is 10.0. The lowest BCUT2D eigenvalue weighted by Crippen LogP contribution is -2.31. The van der Waals surface area contributed by atoms with Crippen molar-refractivity contribution in [2.45, 2.75) is 56.6 Å². The smallest absolute Gasteiger partial charge is 0.251 e. The molecule has 1 aromatic rings.